The van der Waals surface area contributed by atoms with Crippen LogP contribution in [0.4, 0.5) is 10.7 Å². The molecule has 1 aromatic carbocycles. The fourth-order valence-corrected chi connectivity index (χ4v) is 1.58. The van der Waals surface area contributed by atoms with Crippen molar-refractivity contribution in [2.24, 2.45) is 0 Å². The maximum absolute atomic E-state index is 11.8. The first-order valence-corrected chi connectivity index (χ1v) is 5.10. The summed E-state index contributed by atoms with van der Waals surface area (Å²) < 4.78 is 1.33. The van der Waals surface area contributed by atoms with Crippen LogP contribution in [-0.4, -0.2) is 28.5 Å². The predicted octanol–water partition coefficient (Wildman–Crippen LogP) is 1.18. The van der Waals surface area contributed by atoms with Crippen LogP contribution in [0.25, 0.3) is 11.0 Å². The molecule has 0 spiro atoms. The lowest BCUT2D eigenvalue weighted by Gasteiger charge is -2.06. The molecule has 0 atom stereocenters. The van der Waals surface area contributed by atoms with E-state index in [-0.39, 0.29) is 17.9 Å². The zero-order valence-electron chi connectivity index (χ0n) is 9.52. The molecule has 0 saturated heterocycles. The third kappa shape index (κ3) is 1.96. The van der Waals surface area contributed by atoms with E-state index in [2.05, 4.69) is 15.6 Å². The normalized spacial score (nSPS) is 10.2. The van der Waals surface area contributed by atoms with Crippen LogP contribution in [0.2, 0.25) is 0 Å². The minimum absolute atomic E-state index is 0.220. The molecule has 6 nitrogen and oxygen atoms in total. The van der Waals surface area contributed by atoms with Crippen LogP contribution in [0.5, 0.6) is 0 Å². The van der Waals surface area contributed by atoms with E-state index in [0.717, 1.165) is 0 Å². The maximum Gasteiger partial charge on any atom is 0.328 e. The number of fused-ring (bicyclic) bond motifs is 1. The zero-order valence-corrected chi connectivity index (χ0v) is 9.52. The van der Waals surface area contributed by atoms with Gasteiger partial charge in [0.2, 0.25) is 11.9 Å². The highest BCUT2D eigenvalue weighted by atomic mass is 16.2. The van der Waals surface area contributed by atoms with E-state index in [0.29, 0.717) is 11.0 Å². The van der Waals surface area contributed by atoms with Gasteiger partial charge in [-0.1, -0.05) is 12.1 Å². The third-order valence-corrected chi connectivity index (χ3v) is 2.27. The minimum atomic E-state index is -0.345. The van der Waals surface area contributed by atoms with Gasteiger partial charge in [0.15, 0.2) is 0 Å². The molecule has 0 unspecified atom stereocenters. The molecule has 2 aromatic rings. The highest BCUT2D eigenvalue weighted by Gasteiger charge is 2.15. The van der Waals surface area contributed by atoms with Crippen molar-refractivity contribution in [1.29, 1.82) is 0 Å². The quantitative estimate of drug-likeness (QED) is 0.775. The van der Waals surface area contributed by atoms with Gasteiger partial charge in [0, 0.05) is 14.0 Å². The Morgan fingerprint density at radius 2 is 2.00 bits per heavy atom. The number of amides is 2. The zero-order chi connectivity index (χ0) is 12.4. The molecule has 0 saturated carbocycles. The monoisotopic (exact) mass is 232 g/mol. The summed E-state index contributed by atoms with van der Waals surface area (Å²) in [5, 5.41) is 5.04. The predicted molar refractivity (Wildman–Crippen MR) is 63.9 cm³/mol. The van der Waals surface area contributed by atoms with E-state index in [9.17, 15) is 9.59 Å². The molecule has 0 radical (unpaired) electrons. The summed E-state index contributed by atoms with van der Waals surface area (Å²) in [7, 11) is 1.52. The van der Waals surface area contributed by atoms with Crippen molar-refractivity contribution in [3.05, 3.63) is 24.3 Å². The van der Waals surface area contributed by atoms with E-state index in [1.165, 1.54) is 18.5 Å². The molecular formula is C11H12N4O2. The second-order valence-corrected chi connectivity index (χ2v) is 3.50. The molecular weight excluding hydrogens is 220 g/mol. The van der Waals surface area contributed by atoms with E-state index >= 15 is 0 Å². The molecule has 2 amide bonds. The lowest BCUT2D eigenvalue weighted by molar-refractivity contribution is -0.114. The van der Waals surface area contributed by atoms with Gasteiger partial charge in [-0.25, -0.2) is 14.3 Å². The number of carbonyl (C=O) groups is 2. The number of aromatic nitrogens is 2. The Balaban J connectivity index is 2.64. The topological polar surface area (TPSA) is 76.0 Å². The van der Waals surface area contributed by atoms with Crippen LogP contribution in [0.3, 0.4) is 0 Å². The second kappa shape index (κ2) is 4.25. The van der Waals surface area contributed by atoms with Crippen molar-refractivity contribution < 1.29 is 9.59 Å². The van der Waals surface area contributed by atoms with Gasteiger partial charge in [0.25, 0.3) is 0 Å². The smallest absolute Gasteiger partial charge is 0.328 e. The Labute approximate surface area is 97.6 Å². The van der Waals surface area contributed by atoms with Crippen molar-refractivity contribution in [2.75, 3.05) is 12.4 Å². The van der Waals surface area contributed by atoms with Crippen molar-refractivity contribution in [1.82, 2.24) is 14.9 Å². The van der Waals surface area contributed by atoms with Gasteiger partial charge < -0.3 is 5.32 Å². The first kappa shape index (κ1) is 11.1. The molecule has 17 heavy (non-hydrogen) atoms. The number of nitrogens with zero attached hydrogens (tertiary/aromatic N) is 2. The van der Waals surface area contributed by atoms with Crippen molar-refractivity contribution in [3.8, 4) is 0 Å². The number of hydrogen-bond acceptors (Lipinski definition) is 3. The number of anilines is 1. The maximum atomic E-state index is 11.8. The molecule has 2 N–H and O–H groups in total. The van der Waals surface area contributed by atoms with Gasteiger partial charge >= 0.3 is 6.03 Å². The van der Waals surface area contributed by atoms with Gasteiger partial charge in [-0.3, -0.25) is 10.1 Å². The molecule has 0 aliphatic heterocycles. The number of rotatable bonds is 1. The summed E-state index contributed by atoms with van der Waals surface area (Å²) in [4.78, 5) is 27.0. The Morgan fingerprint density at radius 1 is 1.29 bits per heavy atom. The fraction of sp³-hybridized carbons (Fsp3) is 0.182. The molecule has 1 aromatic heterocycles. The number of hydrogen-bond donors (Lipinski definition) is 2. The van der Waals surface area contributed by atoms with Crippen molar-refractivity contribution in [3.63, 3.8) is 0 Å². The molecule has 6 heteroatoms. The Kier molecular flexibility index (Phi) is 2.78. The lowest BCUT2D eigenvalue weighted by atomic mass is 10.3. The van der Waals surface area contributed by atoms with Crippen LogP contribution >= 0.6 is 0 Å². The molecule has 1 heterocycles. The van der Waals surface area contributed by atoms with Crippen LogP contribution in [0.15, 0.2) is 24.3 Å². The van der Waals surface area contributed by atoms with Gasteiger partial charge in [-0.15, -0.1) is 0 Å². The number of nitrogens with one attached hydrogen (secondary N) is 2. The Hall–Kier alpha value is -2.37. The van der Waals surface area contributed by atoms with Crippen LogP contribution in [-0.2, 0) is 4.79 Å². The number of imidazole rings is 1. The summed E-state index contributed by atoms with van der Waals surface area (Å²) in [5.74, 6) is -0.0523. The Morgan fingerprint density at radius 3 is 2.65 bits per heavy atom. The number of carbonyl (C=O) groups excluding carboxylic acids is 2. The second-order valence-electron chi connectivity index (χ2n) is 3.50. The van der Waals surface area contributed by atoms with Crippen LogP contribution < -0.4 is 10.6 Å². The highest BCUT2D eigenvalue weighted by molar-refractivity contribution is 5.97. The summed E-state index contributed by atoms with van der Waals surface area (Å²) in [6.45, 7) is 1.37. The number of para-hydroxylation sites is 2. The average Bonchev–Trinajstić information content (AvgIpc) is 2.65. The van der Waals surface area contributed by atoms with Gasteiger partial charge in [0.1, 0.15) is 0 Å². The summed E-state index contributed by atoms with van der Waals surface area (Å²) >= 11 is 0. The van der Waals surface area contributed by atoms with E-state index in [1.807, 2.05) is 6.07 Å². The molecule has 0 aliphatic rings. The lowest BCUT2D eigenvalue weighted by Crippen LogP contribution is -2.26. The summed E-state index contributed by atoms with van der Waals surface area (Å²) in [6, 6.07) is 6.83. The van der Waals surface area contributed by atoms with E-state index < -0.39 is 0 Å². The van der Waals surface area contributed by atoms with Crippen LogP contribution in [0, 0.1) is 0 Å². The minimum Gasteiger partial charge on any atom is -0.340 e. The molecule has 2 rings (SSSR count). The van der Waals surface area contributed by atoms with E-state index in [4.69, 9.17) is 0 Å². The molecule has 88 valence electrons. The summed E-state index contributed by atoms with van der Waals surface area (Å²) in [6.07, 6.45) is 0. The standard InChI is InChI=1S/C11H12N4O2/c1-7(16)13-10-14-8-5-3-4-6-9(8)15(10)11(17)12-2/h3-6H,1-2H3,(H,12,17)(H,13,14,16). The molecule has 0 aliphatic carbocycles. The average molecular weight is 232 g/mol. The SMILES string of the molecule is CNC(=O)n1c(NC(C)=O)nc2ccccc21. The largest absolute Gasteiger partial charge is 0.340 e. The first-order valence-electron chi connectivity index (χ1n) is 5.10. The van der Waals surface area contributed by atoms with Crippen LogP contribution in [0.1, 0.15) is 6.92 Å². The summed E-state index contributed by atoms with van der Waals surface area (Å²) in [5.41, 5.74) is 1.30. The molecule has 0 fully saturated rings. The fourth-order valence-electron chi connectivity index (χ4n) is 1.58. The number of benzene rings is 1. The Bertz CT molecular complexity index is 588. The van der Waals surface area contributed by atoms with Crippen molar-refractivity contribution >= 4 is 28.9 Å². The van der Waals surface area contributed by atoms with Gasteiger partial charge in [-0.05, 0) is 12.1 Å². The van der Waals surface area contributed by atoms with E-state index in [1.54, 1.807) is 18.2 Å². The first-order chi connectivity index (χ1) is 8.13. The van der Waals surface area contributed by atoms with Crippen molar-refractivity contribution in [2.45, 2.75) is 6.92 Å². The highest BCUT2D eigenvalue weighted by Crippen LogP contribution is 2.18. The van der Waals surface area contributed by atoms with Gasteiger partial charge in [-0.2, -0.15) is 0 Å². The third-order valence-electron chi connectivity index (χ3n) is 2.27. The van der Waals surface area contributed by atoms with Gasteiger partial charge in [0.05, 0.1) is 11.0 Å². The molecule has 0 bridgehead atoms.